The molecule has 2 rings (SSSR count). The Balaban J connectivity index is 1.96. The van der Waals surface area contributed by atoms with Gasteiger partial charge in [-0.15, -0.1) is 0 Å². The fraction of sp³-hybridized carbons (Fsp3) is 0.333. The summed E-state index contributed by atoms with van der Waals surface area (Å²) in [7, 11) is 1.61. The van der Waals surface area contributed by atoms with Gasteiger partial charge < -0.3 is 9.64 Å². The van der Waals surface area contributed by atoms with Crippen LogP contribution in [0.3, 0.4) is 0 Å². The molecule has 2 aromatic rings. The van der Waals surface area contributed by atoms with Gasteiger partial charge >= 0.3 is 0 Å². The van der Waals surface area contributed by atoms with Crippen LogP contribution >= 0.6 is 11.8 Å². The molecule has 0 aliphatic heterocycles. The second-order valence-corrected chi connectivity index (χ2v) is 6.61. The first-order valence-electron chi connectivity index (χ1n) is 7.73. The fourth-order valence-electron chi connectivity index (χ4n) is 2.36. The second kappa shape index (κ2) is 8.80. The molecular weight excluding hydrogens is 346 g/mol. The molecule has 0 radical (unpaired) electrons. The Bertz CT molecular complexity index is 721. The van der Waals surface area contributed by atoms with E-state index in [1.807, 2.05) is 32.0 Å². The maximum Gasteiger partial charge on any atom is 0.290 e. The Labute approximate surface area is 150 Å². The maximum absolute atomic E-state index is 12.6. The van der Waals surface area contributed by atoms with E-state index in [1.165, 1.54) is 17.2 Å². The van der Waals surface area contributed by atoms with Gasteiger partial charge in [-0.3, -0.25) is 4.79 Å². The van der Waals surface area contributed by atoms with Crippen LogP contribution in [0.15, 0.2) is 41.6 Å². The zero-order valence-corrected chi connectivity index (χ0v) is 15.1. The predicted molar refractivity (Wildman–Crippen MR) is 94.5 cm³/mol. The van der Waals surface area contributed by atoms with Crippen LogP contribution in [0.4, 0.5) is 8.78 Å². The van der Waals surface area contributed by atoms with E-state index in [4.69, 9.17) is 4.74 Å². The van der Waals surface area contributed by atoms with E-state index >= 15 is 0 Å². The lowest BCUT2D eigenvalue weighted by Gasteiger charge is -2.19. The molecule has 25 heavy (non-hydrogen) atoms. The highest BCUT2D eigenvalue weighted by Crippen LogP contribution is 2.26. The van der Waals surface area contributed by atoms with Crippen molar-refractivity contribution in [3.8, 4) is 5.75 Å². The van der Waals surface area contributed by atoms with Gasteiger partial charge in [-0.1, -0.05) is 6.07 Å². The van der Waals surface area contributed by atoms with Crippen LogP contribution in [-0.4, -0.2) is 41.7 Å². The van der Waals surface area contributed by atoms with Crippen LogP contribution in [0.2, 0.25) is 0 Å². The number of aryl methyl sites for hydroxylation is 2. The van der Waals surface area contributed by atoms with Gasteiger partial charge in [-0.25, -0.2) is 4.98 Å². The Hall–Kier alpha value is -2.15. The van der Waals surface area contributed by atoms with E-state index in [0.717, 1.165) is 16.9 Å². The van der Waals surface area contributed by atoms with Gasteiger partial charge in [0.15, 0.2) is 0 Å². The molecule has 1 aromatic heterocycles. The number of alkyl halides is 2. The quantitative estimate of drug-likeness (QED) is 0.690. The number of benzene rings is 1. The number of pyridine rings is 1. The van der Waals surface area contributed by atoms with Crippen molar-refractivity contribution in [1.29, 1.82) is 0 Å². The molecule has 0 bridgehead atoms. The molecule has 0 fully saturated rings. The highest BCUT2D eigenvalue weighted by molar-refractivity contribution is 7.99. The van der Waals surface area contributed by atoms with Crippen molar-refractivity contribution >= 4 is 17.7 Å². The molecule has 134 valence electrons. The zero-order valence-electron chi connectivity index (χ0n) is 14.3. The molecule has 1 amide bonds. The van der Waals surface area contributed by atoms with Crippen molar-refractivity contribution in [3.05, 3.63) is 53.2 Å². The SMILES string of the molecule is Cc1cc(C)cc(OCCN(C)C(=O)c2cccnc2SC(F)F)c1. The molecule has 1 aromatic carbocycles. The summed E-state index contributed by atoms with van der Waals surface area (Å²) in [6.07, 6.45) is 1.39. The Morgan fingerprint density at radius 1 is 1.28 bits per heavy atom. The lowest BCUT2D eigenvalue weighted by Crippen LogP contribution is -2.31. The van der Waals surface area contributed by atoms with E-state index in [2.05, 4.69) is 4.98 Å². The molecular formula is C18H20F2N2O2S. The van der Waals surface area contributed by atoms with Crippen LogP contribution < -0.4 is 4.74 Å². The van der Waals surface area contributed by atoms with Gasteiger partial charge in [0.25, 0.3) is 11.7 Å². The van der Waals surface area contributed by atoms with Crippen molar-refractivity contribution < 1.29 is 18.3 Å². The standard InChI is InChI=1S/C18H20F2N2O2S/c1-12-9-13(2)11-14(10-12)24-8-7-22(3)17(23)15-5-4-6-21-16(15)25-18(19)20/h4-6,9-11,18H,7-8H2,1-3H3. The van der Waals surface area contributed by atoms with Crippen LogP contribution in [0.1, 0.15) is 21.5 Å². The molecule has 4 nitrogen and oxygen atoms in total. The summed E-state index contributed by atoms with van der Waals surface area (Å²) >= 11 is 0.271. The van der Waals surface area contributed by atoms with Crippen LogP contribution in [0.25, 0.3) is 0 Å². The first kappa shape index (κ1) is 19.2. The minimum absolute atomic E-state index is 0.0320. The number of nitrogens with zero attached hydrogens (tertiary/aromatic N) is 2. The molecule has 0 saturated carbocycles. The normalized spacial score (nSPS) is 10.8. The average molecular weight is 366 g/mol. The smallest absolute Gasteiger partial charge is 0.290 e. The summed E-state index contributed by atoms with van der Waals surface area (Å²) in [5.74, 6) is -2.24. The summed E-state index contributed by atoms with van der Waals surface area (Å²) in [6.45, 7) is 4.61. The third-order valence-corrected chi connectivity index (χ3v) is 4.17. The fourth-order valence-corrected chi connectivity index (χ4v) is 2.93. The molecule has 0 N–H and O–H groups in total. The molecule has 0 saturated heterocycles. The number of ether oxygens (including phenoxy) is 1. The summed E-state index contributed by atoms with van der Waals surface area (Å²) < 4.78 is 30.9. The van der Waals surface area contributed by atoms with Crippen molar-refractivity contribution in [2.24, 2.45) is 0 Å². The first-order chi connectivity index (χ1) is 11.9. The number of hydrogen-bond donors (Lipinski definition) is 0. The molecule has 0 spiro atoms. The van der Waals surface area contributed by atoms with E-state index in [0.29, 0.717) is 13.2 Å². The summed E-state index contributed by atoms with van der Waals surface area (Å²) in [5.41, 5.74) is 2.37. The summed E-state index contributed by atoms with van der Waals surface area (Å²) in [6, 6.07) is 8.96. The monoisotopic (exact) mass is 366 g/mol. The first-order valence-corrected chi connectivity index (χ1v) is 8.61. The van der Waals surface area contributed by atoms with Crippen LogP contribution in [0.5, 0.6) is 5.75 Å². The van der Waals surface area contributed by atoms with Crippen molar-refractivity contribution in [1.82, 2.24) is 9.88 Å². The highest BCUT2D eigenvalue weighted by Gasteiger charge is 2.19. The predicted octanol–water partition coefficient (Wildman–Crippen LogP) is 4.16. The largest absolute Gasteiger partial charge is 0.492 e. The lowest BCUT2D eigenvalue weighted by atomic mass is 10.1. The summed E-state index contributed by atoms with van der Waals surface area (Å²) in [4.78, 5) is 17.8. The van der Waals surface area contributed by atoms with Crippen molar-refractivity contribution in [3.63, 3.8) is 0 Å². The third-order valence-electron chi connectivity index (χ3n) is 3.44. The van der Waals surface area contributed by atoms with Crippen molar-refractivity contribution in [2.75, 3.05) is 20.2 Å². The molecule has 0 atom stereocenters. The van der Waals surface area contributed by atoms with Crippen molar-refractivity contribution in [2.45, 2.75) is 24.6 Å². The van der Waals surface area contributed by atoms with Crippen LogP contribution in [-0.2, 0) is 0 Å². The van der Waals surface area contributed by atoms with Gasteiger partial charge in [0.1, 0.15) is 17.4 Å². The minimum Gasteiger partial charge on any atom is -0.492 e. The Morgan fingerprint density at radius 2 is 1.96 bits per heavy atom. The second-order valence-electron chi connectivity index (χ2n) is 5.63. The number of carbonyl (C=O) groups is 1. The number of hydrogen-bond acceptors (Lipinski definition) is 4. The third kappa shape index (κ3) is 5.70. The molecule has 7 heteroatoms. The number of halogens is 2. The molecule has 0 aliphatic rings. The average Bonchev–Trinajstić information content (AvgIpc) is 2.53. The minimum atomic E-state index is -2.63. The van der Waals surface area contributed by atoms with Gasteiger partial charge in [0.05, 0.1) is 12.1 Å². The Kier molecular flexibility index (Phi) is 6.75. The lowest BCUT2D eigenvalue weighted by molar-refractivity contribution is 0.0769. The zero-order chi connectivity index (χ0) is 18.4. The van der Waals surface area contributed by atoms with Gasteiger partial charge in [0, 0.05) is 13.2 Å². The summed E-state index contributed by atoms with van der Waals surface area (Å²) in [5, 5.41) is 0.0320. The number of amides is 1. The van der Waals surface area contributed by atoms with E-state index in [-0.39, 0.29) is 28.3 Å². The number of aromatic nitrogens is 1. The number of rotatable bonds is 7. The van der Waals surface area contributed by atoms with Crippen LogP contribution in [0, 0.1) is 13.8 Å². The maximum atomic E-state index is 12.6. The van der Waals surface area contributed by atoms with Gasteiger partial charge in [-0.05, 0) is 61.0 Å². The molecule has 0 aliphatic carbocycles. The number of likely N-dealkylation sites (N-methyl/N-ethyl adjacent to an activating group) is 1. The van der Waals surface area contributed by atoms with E-state index in [9.17, 15) is 13.6 Å². The van der Waals surface area contributed by atoms with Gasteiger partial charge in [-0.2, -0.15) is 8.78 Å². The number of thioether (sulfide) groups is 1. The Morgan fingerprint density at radius 3 is 2.60 bits per heavy atom. The van der Waals surface area contributed by atoms with Gasteiger partial charge in [0.2, 0.25) is 0 Å². The molecule has 0 unspecified atom stereocenters. The van der Waals surface area contributed by atoms with E-state index in [1.54, 1.807) is 13.1 Å². The topological polar surface area (TPSA) is 42.4 Å². The van der Waals surface area contributed by atoms with E-state index < -0.39 is 5.76 Å². The number of carbonyl (C=O) groups excluding carboxylic acids is 1. The molecule has 1 heterocycles. The highest BCUT2D eigenvalue weighted by atomic mass is 32.2.